The summed E-state index contributed by atoms with van der Waals surface area (Å²) < 4.78 is 5.10. The predicted molar refractivity (Wildman–Crippen MR) is 90.7 cm³/mol. The second kappa shape index (κ2) is 7.13. The molecule has 0 saturated heterocycles. The molecule has 0 unspecified atom stereocenters. The standard InChI is InChI=1S/C16H19ClN4O/c1-10-6-11(2)19-8-12(10)9-20-16(18)21-13-4-5-15(22-3)14(17)7-13/h4-8H,9H2,1-3H3,(H3,18,20,21). The van der Waals surface area contributed by atoms with Gasteiger partial charge in [0.1, 0.15) is 5.75 Å². The topological polar surface area (TPSA) is 72.5 Å². The van der Waals surface area contributed by atoms with E-state index in [4.69, 9.17) is 22.1 Å². The van der Waals surface area contributed by atoms with Crippen molar-refractivity contribution in [3.8, 4) is 5.75 Å². The van der Waals surface area contributed by atoms with Gasteiger partial charge in [-0.3, -0.25) is 4.98 Å². The van der Waals surface area contributed by atoms with Crippen LogP contribution >= 0.6 is 11.6 Å². The van der Waals surface area contributed by atoms with E-state index in [1.54, 1.807) is 19.2 Å². The van der Waals surface area contributed by atoms with Gasteiger partial charge in [0, 0.05) is 17.6 Å². The number of guanidine groups is 1. The van der Waals surface area contributed by atoms with Crippen LogP contribution in [0.4, 0.5) is 5.69 Å². The van der Waals surface area contributed by atoms with Crippen molar-refractivity contribution in [2.75, 3.05) is 12.4 Å². The van der Waals surface area contributed by atoms with Crippen LogP contribution in [-0.2, 0) is 6.54 Å². The molecule has 0 aliphatic carbocycles. The summed E-state index contributed by atoms with van der Waals surface area (Å²) in [5.74, 6) is 0.935. The van der Waals surface area contributed by atoms with Gasteiger partial charge in [-0.25, -0.2) is 4.99 Å². The fourth-order valence-corrected chi connectivity index (χ4v) is 2.25. The summed E-state index contributed by atoms with van der Waals surface area (Å²) in [6.07, 6.45) is 1.83. The highest BCUT2D eigenvalue weighted by Gasteiger charge is 2.03. The van der Waals surface area contributed by atoms with E-state index < -0.39 is 0 Å². The second-order valence-corrected chi connectivity index (χ2v) is 5.34. The van der Waals surface area contributed by atoms with Crippen molar-refractivity contribution in [3.05, 3.63) is 52.3 Å². The van der Waals surface area contributed by atoms with Gasteiger partial charge in [-0.1, -0.05) is 11.6 Å². The van der Waals surface area contributed by atoms with Crippen molar-refractivity contribution < 1.29 is 4.74 Å². The van der Waals surface area contributed by atoms with E-state index in [9.17, 15) is 0 Å². The molecule has 1 heterocycles. The van der Waals surface area contributed by atoms with Gasteiger partial charge < -0.3 is 15.8 Å². The van der Waals surface area contributed by atoms with E-state index >= 15 is 0 Å². The van der Waals surface area contributed by atoms with Crippen molar-refractivity contribution in [2.24, 2.45) is 10.7 Å². The smallest absolute Gasteiger partial charge is 0.193 e. The maximum absolute atomic E-state index is 6.07. The van der Waals surface area contributed by atoms with Crippen molar-refractivity contribution in [3.63, 3.8) is 0 Å². The molecule has 0 saturated carbocycles. The van der Waals surface area contributed by atoms with Crippen LogP contribution in [0, 0.1) is 13.8 Å². The zero-order valence-electron chi connectivity index (χ0n) is 12.9. The SMILES string of the molecule is COc1ccc(NC(N)=NCc2cnc(C)cc2C)cc1Cl. The number of aryl methyl sites for hydroxylation is 2. The number of nitrogens with one attached hydrogen (secondary N) is 1. The number of aliphatic imine (C=N–C) groups is 1. The Bertz CT molecular complexity index is 701. The molecule has 0 spiro atoms. The molecule has 22 heavy (non-hydrogen) atoms. The summed E-state index contributed by atoms with van der Waals surface area (Å²) in [5.41, 5.74) is 9.84. The highest BCUT2D eigenvalue weighted by atomic mass is 35.5. The Balaban J connectivity index is 2.05. The van der Waals surface area contributed by atoms with Gasteiger partial charge in [0.2, 0.25) is 0 Å². The molecule has 5 nitrogen and oxygen atoms in total. The quantitative estimate of drug-likeness (QED) is 0.670. The predicted octanol–water partition coefficient (Wildman–Crippen LogP) is 3.29. The molecule has 3 N–H and O–H groups in total. The molecule has 6 heteroatoms. The van der Waals surface area contributed by atoms with Gasteiger partial charge in [-0.2, -0.15) is 0 Å². The molecule has 0 bridgehead atoms. The summed E-state index contributed by atoms with van der Waals surface area (Å²) in [7, 11) is 1.57. The number of aromatic nitrogens is 1. The zero-order chi connectivity index (χ0) is 16.1. The minimum absolute atomic E-state index is 0.321. The highest BCUT2D eigenvalue weighted by molar-refractivity contribution is 6.32. The number of halogens is 1. The molecular formula is C16H19ClN4O. The first-order chi connectivity index (χ1) is 10.5. The molecule has 1 aromatic heterocycles. The fraction of sp³-hybridized carbons (Fsp3) is 0.250. The van der Waals surface area contributed by atoms with Crippen molar-refractivity contribution >= 4 is 23.2 Å². The number of nitrogens with zero attached hydrogens (tertiary/aromatic N) is 2. The third kappa shape index (κ3) is 4.11. The molecule has 0 atom stereocenters. The van der Waals surface area contributed by atoms with E-state index in [1.165, 1.54) is 0 Å². The zero-order valence-corrected chi connectivity index (χ0v) is 13.6. The Morgan fingerprint density at radius 2 is 2.14 bits per heavy atom. The molecule has 0 aliphatic rings. The summed E-state index contributed by atoms with van der Waals surface area (Å²) in [6.45, 7) is 4.47. The van der Waals surface area contributed by atoms with E-state index in [1.807, 2.05) is 32.2 Å². The lowest BCUT2D eigenvalue weighted by molar-refractivity contribution is 0.415. The lowest BCUT2D eigenvalue weighted by Crippen LogP contribution is -2.22. The van der Waals surface area contributed by atoms with Gasteiger partial charge >= 0.3 is 0 Å². The number of pyridine rings is 1. The molecule has 2 aromatic rings. The Labute approximate surface area is 135 Å². The number of nitrogens with two attached hydrogens (primary N) is 1. The number of benzene rings is 1. The Morgan fingerprint density at radius 3 is 2.77 bits per heavy atom. The van der Waals surface area contributed by atoms with E-state index in [0.717, 1.165) is 22.5 Å². The van der Waals surface area contributed by atoms with Crippen LogP contribution in [0.2, 0.25) is 5.02 Å². The number of methoxy groups -OCH3 is 1. The maximum Gasteiger partial charge on any atom is 0.193 e. The molecule has 0 radical (unpaired) electrons. The average Bonchev–Trinajstić information content (AvgIpc) is 2.46. The van der Waals surface area contributed by atoms with Crippen LogP contribution in [0.15, 0.2) is 35.5 Å². The molecule has 2 rings (SSSR count). The lowest BCUT2D eigenvalue weighted by atomic mass is 10.1. The second-order valence-electron chi connectivity index (χ2n) is 4.93. The fourth-order valence-electron chi connectivity index (χ4n) is 1.99. The third-order valence-corrected chi connectivity index (χ3v) is 3.50. The van der Waals surface area contributed by atoms with Gasteiger partial charge in [-0.15, -0.1) is 0 Å². The van der Waals surface area contributed by atoms with Crippen molar-refractivity contribution in [1.82, 2.24) is 4.98 Å². The van der Waals surface area contributed by atoms with Crippen LogP contribution in [0.5, 0.6) is 5.75 Å². The first-order valence-electron chi connectivity index (χ1n) is 6.82. The van der Waals surface area contributed by atoms with E-state index in [-0.39, 0.29) is 0 Å². The Morgan fingerprint density at radius 1 is 1.36 bits per heavy atom. The third-order valence-electron chi connectivity index (χ3n) is 3.20. The Kier molecular flexibility index (Phi) is 5.22. The average molecular weight is 319 g/mol. The van der Waals surface area contributed by atoms with E-state index in [2.05, 4.69) is 15.3 Å². The molecule has 1 aromatic carbocycles. The lowest BCUT2D eigenvalue weighted by Gasteiger charge is -2.09. The van der Waals surface area contributed by atoms with Crippen LogP contribution in [-0.4, -0.2) is 18.1 Å². The first-order valence-corrected chi connectivity index (χ1v) is 7.20. The first kappa shape index (κ1) is 16.1. The normalized spacial score (nSPS) is 11.4. The summed E-state index contributed by atoms with van der Waals surface area (Å²) in [6, 6.07) is 7.36. The van der Waals surface area contributed by atoms with Crippen molar-refractivity contribution in [2.45, 2.75) is 20.4 Å². The van der Waals surface area contributed by atoms with Crippen LogP contribution in [0.25, 0.3) is 0 Å². The number of rotatable bonds is 4. The molecular weight excluding hydrogens is 300 g/mol. The van der Waals surface area contributed by atoms with Gasteiger partial charge in [0.25, 0.3) is 0 Å². The van der Waals surface area contributed by atoms with E-state index in [0.29, 0.717) is 23.3 Å². The Hall–Kier alpha value is -2.27. The summed E-state index contributed by atoms with van der Waals surface area (Å²) in [4.78, 5) is 8.59. The maximum atomic E-state index is 6.07. The molecule has 116 valence electrons. The monoisotopic (exact) mass is 318 g/mol. The van der Waals surface area contributed by atoms with Crippen LogP contribution < -0.4 is 15.8 Å². The van der Waals surface area contributed by atoms with Gasteiger partial charge in [0.05, 0.1) is 18.7 Å². The minimum Gasteiger partial charge on any atom is -0.495 e. The van der Waals surface area contributed by atoms with Crippen LogP contribution in [0.1, 0.15) is 16.8 Å². The van der Waals surface area contributed by atoms with Crippen molar-refractivity contribution in [1.29, 1.82) is 0 Å². The highest BCUT2D eigenvalue weighted by Crippen LogP contribution is 2.27. The van der Waals surface area contributed by atoms with Crippen LogP contribution in [0.3, 0.4) is 0 Å². The molecule has 0 fully saturated rings. The number of hydrogen-bond donors (Lipinski definition) is 2. The molecule has 0 amide bonds. The summed E-state index contributed by atoms with van der Waals surface area (Å²) >= 11 is 6.07. The number of hydrogen-bond acceptors (Lipinski definition) is 3. The van der Waals surface area contributed by atoms with Gasteiger partial charge in [-0.05, 0) is 49.2 Å². The largest absolute Gasteiger partial charge is 0.495 e. The summed E-state index contributed by atoms with van der Waals surface area (Å²) in [5, 5.41) is 3.52. The minimum atomic E-state index is 0.321. The molecule has 0 aliphatic heterocycles. The van der Waals surface area contributed by atoms with Gasteiger partial charge in [0.15, 0.2) is 5.96 Å². The number of ether oxygens (including phenoxy) is 1. The number of anilines is 1.